The van der Waals surface area contributed by atoms with Gasteiger partial charge in [-0.15, -0.1) is 0 Å². The van der Waals surface area contributed by atoms with Gasteiger partial charge in [0.15, 0.2) is 11.6 Å². The third-order valence-electron chi connectivity index (χ3n) is 7.69. The van der Waals surface area contributed by atoms with Gasteiger partial charge in [0.1, 0.15) is 5.75 Å². The molecule has 1 aromatic heterocycles. The minimum atomic E-state index is -0.611. The van der Waals surface area contributed by atoms with Gasteiger partial charge in [-0.2, -0.15) is 0 Å². The Hall–Kier alpha value is -4.46. The summed E-state index contributed by atoms with van der Waals surface area (Å²) in [7, 11) is 0. The second-order valence-electron chi connectivity index (χ2n) is 9.94. The van der Waals surface area contributed by atoms with Crippen LogP contribution in [-0.2, 0) is 16.1 Å². The molecule has 2 aliphatic carbocycles. The Morgan fingerprint density at radius 2 is 1.59 bits per heavy atom. The lowest BCUT2D eigenvalue weighted by Crippen LogP contribution is -2.40. The second kappa shape index (κ2) is 8.03. The van der Waals surface area contributed by atoms with E-state index in [1.54, 1.807) is 45.0 Å². The van der Waals surface area contributed by atoms with Crippen molar-refractivity contribution in [2.45, 2.75) is 45.7 Å². The predicted octanol–water partition coefficient (Wildman–Crippen LogP) is 3.19. The smallest absolute Gasteiger partial charge is 0.352 e. The van der Waals surface area contributed by atoms with Crippen LogP contribution in [0.4, 0.5) is 0 Å². The van der Waals surface area contributed by atoms with Gasteiger partial charge in [0, 0.05) is 29.1 Å². The summed E-state index contributed by atoms with van der Waals surface area (Å²) < 4.78 is 3.98. The number of hydrogen-bond acceptors (Lipinski definition) is 5. The van der Waals surface area contributed by atoms with E-state index in [4.69, 9.17) is 0 Å². The number of phenolic OH excluding ortho intramolecular Hbond substituents is 1. The molecule has 8 nitrogen and oxygen atoms in total. The van der Waals surface area contributed by atoms with Crippen LogP contribution in [0.15, 0.2) is 86.5 Å². The number of fused-ring (bicyclic) bond motifs is 3. The molecule has 2 aromatic carbocycles. The first-order chi connectivity index (χ1) is 17.7. The van der Waals surface area contributed by atoms with E-state index in [0.717, 1.165) is 15.7 Å². The molecule has 1 aliphatic heterocycles. The Balaban J connectivity index is 1.61. The number of aromatic hydroxyl groups is 1. The number of hydrogen-bond donors (Lipinski definition) is 1. The summed E-state index contributed by atoms with van der Waals surface area (Å²) in [5, 5.41) is 10.4. The molecule has 0 radical (unpaired) electrons. The Morgan fingerprint density at radius 1 is 0.919 bits per heavy atom. The van der Waals surface area contributed by atoms with Crippen LogP contribution >= 0.6 is 0 Å². The van der Waals surface area contributed by atoms with Crippen molar-refractivity contribution in [3.8, 4) is 11.4 Å². The molecule has 0 unspecified atom stereocenters. The zero-order valence-electron chi connectivity index (χ0n) is 20.7. The molecule has 0 bridgehead atoms. The summed E-state index contributed by atoms with van der Waals surface area (Å²) in [6.45, 7) is 5.35. The Bertz CT molecular complexity index is 1720. The number of benzene rings is 2. The van der Waals surface area contributed by atoms with Gasteiger partial charge in [-0.25, -0.2) is 23.5 Å². The van der Waals surface area contributed by atoms with E-state index in [9.17, 15) is 24.3 Å². The van der Waals surface area contributed by atoms with Crippen LogP contribution < -0.4 is 11.4 Å². The van der Waals surface area contributed by atoms with Crippen molar-refractivity contribution in [2.75, 3.05) is 0 Å². The molecule has 3 aliphatic rings. The largest absolute Gasteiger partial charge is 0.507 e. The van der Waals surface area contributed by atoms with E-state index in [1.165, 1.54) is 15.4 Å². The number of aryl methyl sites for hydroxylation is 2. The molecule has 186 valence electrons. The maximum absolute atomic E-state index is 13.7. The van der Waals surface area contributed by atoms with E-state index in [-0.39, 0.29) is 30.3 Å². The molecule has 2 heterocycles. The van der Waals surface area contributed by atoms with Gasteiger partial charge in [-0.3, -0.25) is 9.59 Å². The maximum Gasteiger partial charge on any atom is 0.352 e. The van der Waals surface area contributed by atoms with Gasteiger partial charge in [-0.05, 0) is 61.2 Å². The molecule has 2 atom stereocenters. The van der Waals surface area contributed by atoms with Crippen molar-refractivity contribution in [1.29, 1.82) is 0 Å². The van der Waals surface area contributed by atoms with Crippen molar-refractivity contribution < 1.29 is 14.7 Å². The first kappa shape index (κ1) is 23.0. The van der Waals surface area contributed by atoms with Gasteiger partial charge in [0.05, 0.1) is 18.3 Å². The first-order valence-corrected chi connectivity index (χ1v) is 12.2. The van der Waals surface area contributed by atoms with Crippen molar-refractivity contribution >= 4 is 11.6 Å². The van der Waals surface area contributed by atoms with Crippen molar-refractivity contribution in [1.82, 2.24) is 13.9 Å². The minimum Gasteiger partial charge on any atom is -0.507 e. The number of Topliss-reactive ketones (excluding diaryl/α,β-unsaturated/α-hetero) is 1. The highest BCUT2D eigenvalue weighted by Gasteiger charge is 2.44. The highest BCUT2D eigenvalue weighted by atomic mass is 16.3. The van der Waals surface area contributed by atoms with E-state index in [2.05, 4.69) is 0 Å². The Labute approximate surface area is 212 Å². The van der Waals surface area contributed by atoms with Crippen LogP contribution in [0.2, 0.25) is 0 Å². The standard InChI is InChI=1S/C29H25N3O5/c1-15-11-18(12-16(2)26(15)34)24-20-9-10-30-28(36)31(19-7-5-4-6-8-19)29(37)32(30)22(20)14-21-25(24)23(33)13-17(3)27(21)35/h4-9,11-13,22,24,34H,10,14H2,1-3H3/t22-,24+/m1/s1. The first-order valence-electron chi connectivity index (χ1n) is 12.2. The molecule has 37 heavy (non-hydrogen) atoms. The molecule has 8 heteroatoms. The van der Waals surface area contributed by atoms with Crippen molar-refractivity contribution in [3.05, 3.63) is 115 Å². The fraction of sp³-hybridized carbons (Fsp3) is 0.241. The van der Waals surface area contributed by atoms with Crippen LogP contribution in [0.5, 0.6) is 5.75 Å². The number of phenols is 1. The second-order valence-corrected chi connectivity index (χ2v) is 9.94. The maximum atomic E-state index is 13.7. The predicted molar refractivity (Wildman–Crippen MR) is 137 cm³/mol. The molecule has 0 saturated heterocycles. The summed E-state index contributed by atoms with van der Waals surface area (Å²) in [5.41, 5.74) is 3.53. The van der Waals surface area contributed by atoms with Crippen LogP contribution in [0.3, 0.4) is 0 Å². The van der Waals surface area contributed by atoms with Crippen LogP contribution in [0, 0.1) is 13.8 Å². The lowest BCUT2D eigenvalue weighted by atomic mass is 9.67. The number of nitrogens with zero attached hydrogens (tertiary/aromatic N) is 3. The van der Waals surface area contributed by atoms with Crippen molar-refractivity contribution in [2.24, 2.45) is 0 Å². The van der Waals surface area contributed by atoms with Crippen LogP contribution in [0.1, 0.15) is 42.0 Å². The fourth-order valence-electron chi connectivity index (χ4n) is 5.99. The molecular formula is C29H25N3O5. The summed E-state index contributed by atoms with van der Waals surface area (Å²) in [6.07, 6.45) is 3.42. The zero-order chi connectivity index (χ0) is 26.2. The molecule has 0 spiro atoms. The number of para-hydroxylation sites is 1. The summed E-state index contributed by atoms with van der Waals surface area (Å²) in [4.78, 5) is 53.7. The molecule has 3 aromatic rings. The number of carbonyl (C=O) groups is 2. The number of carbonyl (C=O) groups excluding carboxylic acids is 2. The third kappa shape index (κ3) is 3.21. The molecule has 0 saturated carbocycles. The monoisotopic (exact) mass is 495 g/mol. The third-order valence-corrected chi connectivity index (χ3v) is 7.69. The van der Waals surface area contributed by atoms with Gasteiger partial charge in [0.25, 0.3) is 0 Å². The van der Waals surface area contributed by atoms with E-state index < -0.39 is 23.3 Å². The van der Waals surface area contributed by atoms with Gasteiger partial charge >= 0.3 is 11.4 Å². The highest BCUT2D eigenvalue weighted by Crippen LogP contribution is 2.50. The average molecular weight is 496 g/mol. The quantitative estimate of drug-likeness (QED) is 0.435. The summed E-state index contributed by atoms with van der Waals surface area (Å²) >= 11 is 0. The Morgan fingerprint density at radius 3 is 2.27 bits per heavy atom. The summed E-state index contributed by atoms with van der Waals surface area (Å²) in [5.74, 6) is -0.851. The Kier molecular flexibility index (Phi) is 4.98. The fourth-order valence-corrected chi connectivity index (χ4v) is 5.99. The average Bonchev–Trinajstić information content (AvgIpc) is 3.14. The highest BCUT2D eigenvalue weighted by molar-refractivity contribution is 6.23. The normalized spacial score (nSPS) is 20.7. The number of rotatable bonds is 2. The molecular weight excluding hydrogens is 470 g/mol. The molecule has 6 rings (SSSR count). The molecule has 1 N–H and O–H groups in total. The lowest BCUT2D eigenvalue weighted by molar-refractivity contribution is -0.116. The number of allylic oxidation sites excluding steroid dienone is 6. The van der Waals surface area contributed by atoms with Crippen LogP contribution in [-0.4, -0.2) is 30.6 Å². The van der Waals surface area contributed by atoms with Crippen LogP contribution in [0.25, 0.3) is 5.69 Å². The van der Waals surface area contributed by atoms with Gasteiger partial charge < -0.3 is 5.11 Å². The van der Waals surface area contributed by atoms with E-state index in [1.807, 2.05) is 24.3 Å². The molecule has 0 amide bonds. The summed E-state index contributed by atoms with van der Waals surface area (Å²) in [6, 6.07) is 11.8. The topological polar surface area (TPSA) is 103 Å². The van der Waals surface area contributed by atoms with E-state index in [0.29, 0.717) is 33.5 Å². The number of aromatic nitrogens is 3. The van der Waals surface area contributed by atoms with Gasteiger partial charge in [-0.1, -0.05) is 36.4 Å². The van der Waals surface area contributed by atoms with Crippen molar-refractivity contribution in [3.63, 3.8) is 0 Å². The zero-order valence-corrected chi connectivity index (χ0v) is 20.7. The lowest BCUT2D eigenvalue weighted by Gasteiger charge is -2.39. The van der Waals surface area contributed by atoms with E-state index >= 15 is 0 Å². The minimum absolute atomic E-state index is 0.140. The van der Waals surface area contributed by atoms with Gasteiger partial charge in [0.2, 0.25) is 0 Å². The number of ketones is 2. The SMILES string of the molecule is CC1=CC(=O)C2=C(C[C@@H]3C(=CCn4c(=O)n(-c5ccccc5)c(=O)n43)[C@@H]2c2cc(C)c(O)c(C)c2)C1=O. The molecule has 0 fully saturated rings.